The van der Waals surface area contributed by atoms with E-state index in [0.717, 1.165) is 19.4 Å². The first-order valence-electron chi connectivity index (χ1n) is 8.50. The monoisotopic (exact) mass is 337 g/mol. The number of carbonyl (C=O) groups is 1. The molecule has 1 saturated heterocycles. The Morgan fingerprint density at radius 2 is 2.29 bits per heavy atom. The average molecular weight is 337 g/mol. The molecular formula is C16H27N5O3. The molecule has 1 unspecified atom stereocenters. The van der Waals surface area contributed by atoms with E-state index < -0.39 is 0 Å². The zero-order valence-corrected chi connectivity index (χ0v) is 14.4. The molecule has 0 radical (unpaired) electrons. The van der Waals surface area contributed by atoms with Gasteiger partial charge in [-0.05, 0) is 26.7 Å². The zero-order chi connectivity index (χ0) is 17.5. The van der Waals surface area contributed by atoms with Crippen LogP contribution in [0.2, 0.25) is 0 Å². The maximum atomic E-state index is 12.0. The van der Waals surface area contributed by atoms with Gasteiger partial charge in [0.15, 0.2) is 11.6 Å². The predicted octanol–water partition coefficient (Wildman–Crippen LogP) is 0.657. The molecule has 1 aliphatic rings. The molecule has 24 heavy (non-hydrogen) atoms. The fourth-order valence-corrected chi connectivity index (χ4v) is 3.04. The van der Waals surface area contributed by atoms with Gasteiger partial charge in [-0.25, -0.2) is 9.97 Å². The summed E-state index contributed by atoms with van der Waals surface area (Å²) >= 11 is 0. The maximum absolute atomic E-state index is 12.0. The molecule has 0 aromatic carbocycles. The molecule has 1 aliphatic heterocycles. The van der Waals surface area contributed by atoms with Crippen LogP contribution in [0.4, 0.5) is 17.3 Å². The number of anilines is 3. The van der Waals surface area contributed by atoms with Crippen LogP contribution in [0.15, 0.2) is 6.33 Å². The minimum atomic E-state index is -0.162. The second-order valence-electron chi connectivity index (χ2n) is 5.78. The van der Waals surface area contributed by atoms with Crippen molar-refractivity contribution in [1.29, 1.82) is 0 Å². The third-order valence-electron chi connectivity index (χ3n) is 4.23. The topological polar surface area (TPSA) is 105 Å². The van der Waals surface area contributed by atoms with Crippen molar-refractivity contribution in [3.63, 3.8) is 0 Å². The van der Waals surface area contributed by atoms with Crippen LogP contribution in [-0.2, 0) is 9.53 Å². The maximum Gasteiger partial charge on any atom is 0.310 e. The van der Waals surface area contributed by atoms with Crippen LogP contribution in [0.3, 0.4) is 0 Å². The van der Waals surface area contributed by atoms with Crippen LogP contribution in [0.1, 0.15) is 26.7 Å². The molecule has 0 amide bonds. The lowest BCUT2D eigenvalue weighted by Gasteiger charge is -2.33. The van der Waals surface area contributed by atoms with Crippen LogP contribution >= 0.6 is 0 Å². The van der Waals surface area contributed by atoms with E-state index in [-0.39, 0.29) is 18.5 Å². The highest BCUT2D eigenvalue weighted by Crippen LogP contribution is 2.31. The molecule has 0 spiro atoms. The van der Waals surface area contributed by atoms with Crippen molar-refractivity contribution in [1.82, 2.24) is 9.97 Å². The van der Waals surface area contributed by atoms with Gasteiger partial charge in [0, 0.05) is 26.2 Å². The number of carbonyl (C=O) groups excluding carboxylic acids is 1. The summed E-state index contributed by atoms with van der Waals surface area (Å²) in [6.45, 7) is 6.70. The fraction of sp³-hybridized carbons (Fsp3) is 0.688. The van der Waals surface area contributed by atoms with Crippen molar-refractivity contribution in [2.24, 2.45) is 5.92 Å². The number of rotatable bonds is 7. The van der Waals surface area contributed by atoms with Gasteiger partial charge in [-0.15, -0.1) is 0 Å². The zero-order valence-electron chi connectivity index (χ0n) is 14.4. The van der Waals surface area contributed by atoms with Crippen LogP contribution in [0.5, 0.6) is 0 Å². The number of aromatic nitrogens is 2. The molecule has 0 saturated carbocycles. The molecule has 0 aliphatic carbocycles. The second kappa shape index (κ2) is 8.68. The number of hydrogen-bond acceptors (Lipinski definition) is 8. The highest BCUT2D eigenvalue weighted by atomic mass is 16.5. The molecule has 1 aromatic heterocycles. The fourth-order valence-electron chi connectivity index (χ4n) is 3.04. The van der Waals surface area contributed by atoms with Crippen molar-refractivity contribution >= 4 is 23.3 Å². The van der Waals surface area contributed by atoms with Gasteiger partial charge in [-0.2, -0.15) is 0 Å². The Balaban J connectivity index is 2.20. The summed E-state index contributed by atoms with van der Waals surface area (Å²) in [5, 5.41) is 9.20. The molecule has 8 nitrogen and oxygen atoms in total. The number of nitrogens with two attached hydrogens (primary N) is 1. The number of aliphatic hydroxyl groups excluding tert-OH is 1. The lowest BCUT2D eigenvalue weighted by Crippen LogP contribution is -2.40. The van der Waals surface area contributed by atoms with Gasteiger partial charge in [-0.3, -0.25) is 4.79 Å². The van der Waals surface area contributed by atoms with E-state index in [1.807, 2.05) is 23.6 Å². The van der Waals surface area contributed by atoms with E-state index in [1.165, 1.54) is 6.33 Å². The van der Waals surface area contributed by atoms with Gasteiger partial charge in [0.25, 0.3) is 0 Å². The van der Waals surface area contributed by atoms with E-state index >= 15 is 0 Å². The number of nitrogens with zero attached hydrogens (tertiary/aromatic N) is 4. The molecule has 2 rings (SSSR count). The summed E-state index contributed by atoms with van der Waals surface area (Å²) in [5.41, 5.74) is 6.78. The van der Waals surface area contributed by atoms with E-state index in [2.05, 4.69) is 9.97 Å². The summed E-state index contributed by atoms with van der Waals surface area (Å²) in [6.07, 6.45) is 3.18. The smallest absolute Gasteiger partial charge is 0.310 e. The van der Waals surface area contributed by atoms with E-state index in [0.29, 0.717) is 43.6 Å². The van der Waals surface area contributed by atoms with Crippen molar-refractivity contribution < 1.29 is 14.6 Å². The summed E-state index contributed by atoms with van der Waals surface area (Å²) in [7, 11) is 0. The first kappa shape index (κ1) is 18.3. The largest absolute Gasteiger partial charge is 0.466 e. The molecule has 134 valence electrons. The van der Waals surface area contributed by atoms with Gasteiger partial charge < -0.3 is 25.4 Å². The number of esters is 1. The van der Waals surface area contributed by atoms with E-state index in [4.69, 9.17) is 10.5 Å². The highest BCUT2D eigenvalue weighted by Gasteiger charge is 2.29. The van der Waals surface area contributed by atoms with Crippen LogP contribution in [0.25, 0.3) is 0 Å². The van der Waals surface area contributed by atoms with Gasteiger partial charge in [-0.1, -0.05) is 0 Å². The van der Waals surface area contributed by atoms with Crippen molar-refractivity contribution in [2.75, 3.05) is 54.9 Å². The van der Waals surface area contributed by atoms with Crippen LogP contribution < -0.4 is 15.5 Å². The Kier molecular flexibility index (Phi) is 6.60. The third-order valence-corrected chi connectivity index (χ3v) is 4.23. The predicted molar refractivity (Wildman–Crippen MR) is 93.0 cm³/mol. The Morgan fingerprint density at radius 3 is 2.96 bits per heavy atom. The quantitative estimate of drug-likeness (QED) is 0.699. The second-order valence-corrected chi connectivity index (χ2v) is 5.78. The summed E-state index contributed by atoms with van der Waals surface area (Å²) < 4.78 is 5.14. The van der Waals surface area contributed by atoms with Gasteiger partial charge in [0.2, 0.25) is 0 Å². The molecular weight excluding hydrogens is 310 g/mol. The number of aliphatic hydroxyl groups is 1. The number of piperidine rings is 1. The number of ether oxygens (including phenoxy) is 1. The third kappa shape index (κ3) is 4.05. The van der Waals surface area contributed by atoms with E-state index in [9.17, 15) is 9.90 Å². The Morgan fingerprint density at radius 1 is 1.50 bits per heavy atom. The SMILES string of the molecule is CCOC(=O)C1CCCN(c2ncnc(N(CC)CCO)c2N)C1. The summed E-state index contributed by atoms with van der Waals surface area (Å²) in [4.78, 5) is 24.5. The molecule has 2 heterocycles. The number of hydrogen-bond donors (Lipinski definition) is 2. The Bertz CT molecular complexity index is 555. The molecule has 3 N–H and O–H groups in total. The normalized spacial score (nSPS) is 17.6. The first-order valence-corrected chi connectivity index (χ1v) is 8.50. The molecule has 8 heteroatoms. The summed E-state index contributed by atoms with van der Waals surface area (Å²) in [5.74, 6) is 0.946. The molecule has 1 atom stereocenters. The van der Waals surface area contributed by atoms with Crippen LogP contribution in [-0.4, -0.2) is 60.4 Å². The highest BCUT2D eigenvalue weighted by molar-refractivity contribution is 5.77. The Labute approximate surface area is 142 Å². The Hall–Kier alpha value is -2.09. The molecule has 1 aromatic rings. The lowest BCUT2D eigenvalue weighted by molar-refractivity contribution is -0.148. The molecule has 0 bridgehead atoms. The van der Waals surface area contributed by atoms with Gasteiger partial charge in [0.1, 0.15) is 12.0 Å². The average Bonchev–Trinajstić information content (AvgIpc) is 2.60. The minimum Gasteiger partial charge on any atom is -0.466 e. The van der Waals surface area contributed by atoms with Gasteiger partial charge >= 0.3 is 5.97 Å². The lowest BCUT2D eigenvalue weighted by atomic mass is 9.98. The summed E-state index contributed by atoms with van der Waals surface area (Å²) in [6, 6.07) is 0. The van der Waals surface area contributed by atoms with E-state index in [1.54, 1.807) is 0 Å². The van der Waals surface area contributed by atoms with Crippen molar-refractivity contribution in [2.45, 2.75) is 26.7 Å². The van der Waals surface area contributed by atoms with Crippen molar-refractivity contribution in [3.8, 4) is 0 Å². The van der Waals surface area contributed by atoms with Gasteiger partial charge in [0.05, 0.1) is 19.1 Å². The van der Waals surface area contributed by atoms with Crippen LogP contribution in [0, 0.1) is 5.92 Å². The number of likely N-dealkylation sites (N-methyl/N-ethyl adjacent to an activating group) is 1. The minimum absolute atomic E-state index is 0.0290. The number of nitrogen functional groups attached to an aromatic ring is 1. The molecule has 1 fully saturated rings. The standard InChI is InChI=1S/C16H27N5O3/c1-3-20(8-9-22)14-13(17)15(19-11-18-14)21-7-5-6-12(10-21)16(23)24-4-2/h11-12,22H,3-10,17H2,1-2H3. The van der Waals surface area contributed by atoms with Crippen molar-refractivity contribution in [3.05, 3.63) is 6.33 Å². The first-order chi connectivity index (χ1) is 11.6.